The van der Waals surface area contributed by atoms with E-state index < -0.39 is 10.0 Å². The van der Waals surface area contributed by atoms with E-state index in [2.05, 4.69) is 4.98 Å². The number of hydrogen-bond acceptors (Lipinski definition) is 4. The van der Waals surface area contributed by atoms with Gasteiger partial charge in [-0.15, -0.1) is 0 Å². The van der Waals surface area contributed by atoms with Gasteiger partial charge in [-0.05, 0) is 31.0 Å². The highest BCUT2D eigenvalue weighted by Gasteiger charge is 2.24. The number of aromatic nitrogens is 1. The summed E-state index contributed by atoms with van der Waals surface area (Å²) in [5.41, 5.74) is 5.46. The van der Waals surface area contributed by atoms with E-state index in [1.54, 1.807) is 18.3 Å². The maximum absolute atomic E-state index is 12.4. The molecule has 102 valence electrons. The number of nitrogens with two attached hydrogens (primary N) is 1. The molecule has 0 amide bonds. The molecule has 1 rings (SSSR count). The van der Waals surface area contributed by atoms with E-state index in [1.807, 2.05) is 13.8 Å². The second kappa shape index (κ2) is 6.82. The quantitative estimate of drug-likeness (QED) is 0.805. The van der Waals surface area contributed by atoms with Crippen LogP contribution in [0, 0.1) is 5.92 Å². The van der Waals surface area contributed by atoms with Gasteiger partial charge in [0.1, 0.15) is 4.90 Å². The van der Waals surface area contributed by atoms with Crippen molar-refractivity contribution in [3.8, 4) is 0 Å². The normalized spacial score (nSPS) is 12.3. The van der Waals surface area contributed by atoms with Crippen molar-refractivity contribution >= 4 is 10.0 Å². The number of sulfonamides is 1. The van der Waals surface area contributed by atoms with Crippen LogP contribution in [0.2, 0.25) is 0 Å². The molecule has 2 N–H and O–H groups in total. The van der Waals surface area contributed by atoms with Crippen LogP contribution < -0.4 is 5.73 Å². The minimum atomic E-state index is -3.45. The lowest BCUT2D eigenvalue weighted by molar-refractivity contribution is 0.364. The lowest BCUT2D eigenvalue weighted by Crippen LogP contribution is -2.35. The van der Waals surface area contributed by atoms with Gasteiger partial charge in [0.15, 0.2) is 0 Å². The molecule has 18 heavy (non-hydrogen) atoms. The summed E-state index contributed by atoms with van der Waals surface area (Å²) in [5.74, 6) is 0.272. The Morgan fingerprint density at radius 1 is 1.44 bits per heavy atom. The van der Waals surface area contributed by atoms with E-state index in [0.29, 0.717) is 26.1 Å². The lowest BCUT2D eigenvalue weighted by atomic mass is 10.2. The molecule has 1 aromatic rings. The standard InChI is InChI=1S/C12H21N3O2S/c1-11(2)10-15(8-4-6-13)18(16,17)12-5-3-7-14-9-12/h3,5,7,9,11H,4,6,8,10,13H2,1-2H3. The van der Waals surface area contributed by atoms with Gasteiger partial charge in [0.2, 0.25) is 10.0 Å². The molecule has 0 unspecified atom stereocenters. The SMILES string of the molecule is CC(C)CN(CCCN)S(=O)(=O)c1cccnc1. The number of rotatable bonds is 7. The third-order valence-corrected chi connectivity index (χ3v) is 4.30. The predicted octanol–water partition coefficient (Wildman–Crippen LogP) is 1.08. The maximum Gasteiger partial charge on any atom is 0.244 e. The molecule has 0 bridgehead atoms. The Hall–Kier alpha value is -0.980. The van der Waals surface area contributed by atoms with Crippen LogP contribution in [0.1, 0.15) is 20.3 Å². The van der Waals surface area contributed by atoms with Gasteiger partial charge >= 0.3 is 0 Å². The van der Waals surface area contributed by atoms with Gasteiger partial charge in [0, 0.05) is 25.5 Å². The molecule has 5 nitrogen and oxygen atoms in total. The summed E-state index contributed by atoms with van der Waals surface area (Å²) in [6, 6.07) is 3.20. The predicted molar refractivity (Wildman–Crippen MR) is 71.5 cm³/mol. The van der Waals surface area contributed by atoms with Crippen molar-refractivity contribution in [1.82, 2.24) is 9.29 Å². The topological polar surface area (TPSA) is 76.3 Å². The molecule has 1 aromatic heterocycles. The molecule has 0 aromatic carbocycles. The van der Waals surface area contributed by atoms with Crippen molar-refractivity contribution in [3.05, 3.63) is 24.5 Å². The molecule has 0 fully saturated rings. The molecular formula is C12H21N3O2S. The van der Waals surface area contributed by atoms with Gasteiger partial charge in [0.25, 0.3) is 0 Å². The van der Waals surface area contributed by atoms with Gasteiger partial charge in [-0.25, -0.2) is 8.42 Å². The fraction of sp³-hybridized carbons (Fsp3) is 0.583. The molecule has 0 aliphatic carbocycles. The molecule has 0 spiro atoms. The summed E-state index contributed by atoms with van der Waals surface area (Å²) in [4.78, 5) is 4.10. The van der Waals surface area contributed by atoms with E-state index in [4.69, 9.17) is 5.73 Å². The fourth-order valence-corrected chi connectivity index (χ4v) is 3.24. The first-order valence-corrected chi connectivity index (χ1v) is 7.52. The van der Waals surface area contributed by atoms with Crippen molar-refractivity contribution in [1.29, 1.82) is 0 Å². The van der Waals surface area contributed by atoms with E-state index >= 15 is 0 Å². The highest BCUT2D eigenvalue weighted by Crippen LogP contribution is 2.16. The van der Waals surface area contributed by atoms with Crippen LogP contribution in [-0.2, 0) is 10.0 Å². The third kappa shape index (κ3) is 4.04. The molecule has 0 radical (unpaired) electrons. The van der Waals surface area contributed by atoms with Crippen LogP contribution >= 0.6 is 0 Å². The Labute approximate surface area is 109 Å². The Kier molecular flexibility index (Phi) is 5.71. The summed E-state index contributed by atoms with van der Waals surface area (Å²) in [7, 11) is -3.45. The molecule has 0 atom stereocenters. The minimum absolute atomic E-state index is 0.239. The first kappa shape index (κ1) is 15.1. The van der Waals surface area contributed by atoms with Crippen molar-refractivity contribution in [2.24, 2.45) is 11.7 Å². The zero-order chi connectivity index (χ0) is 13.6. The van der Waals surface area contributed by atoms with E-state index in [-0.39, 0.29) is 10.8 Å². The Morgan fingerprint density at radius 2 is 2.17 bits per heavy atom. The van der Waals surface area contributed by atoms with Crippen molar-refractivity contribution in [2.75, 3.05) is 19.6 Å². The van der Waals surface area contributed by atoms with Gasteiger partial charge in [-0.3, -0.25) is 4.98 Å². The van der Waals surface area contributed by atoms with Crippen LogP contribution in [-0.4, -0.2) is 37.3 Å². The first-order valence-electron chi connectivity index (χ1n) is 6.08. The molecule has 0 aliphatic heterocycles. The number of nitrogens with zero attached hydrogens (tertiary/aromatic N) is 2. The van der Waals surface area contributed by atoms with Crippen LogP contribution in [0.5, 0.6) is 0 Å². The van der Waals surface area contributed by atoms with E-state index in [1.165, 1.54) is 10.5 Å². The summed E-state index contributed by atoms with van der Waals surface area (Å²) < 4.78 is 26.3. The molecule has 0 saturated heterocycles. The third-order valence-electron chi connectivity index (χ3n) is 2.45. The van der Waals surface area contributed by atoms with Gasteiger partial charge in [-0.2, -0.15) is 4.31 Å². The fourth-order valence-electron chi connectivity index (χ4n) is 1.63. The summed E-state index contributed by atoms with van der Waals surface area (Å²) in [6.07, 6.45) is 3.60. The summed E-state index contributed by atoms with van der Waals surface area (Å²) in [6.45, 7) is 5.42. The van der Waals surface area contributed by atoms with Crippen LogP contribution in [0.4, 0.5) is 0 Å². The first-order chi connectivity index (χ1) is 8.48. The van der Waals surface area contributed by atoms with Gasteiger partial charge in [-0.1, -0.05) is 13.8 Å². The average Bonchev–Trinajstić information content (AvgIpc) is 2.35. The van der Waals surface area contributed by atoms with E-state index in [9.17, 15) is 8.42 Å². The Morgan fingerprint density at radius 3 is 2.67 bits per heavy atom. The molecule has 0 aliphatic rings. The lowest BCUT2D eigenvalue weighted by Gasteiger charge is -2.23. The van der Waals surface area contributed by atoms with Crippen LogP contribution in [0.25, 0.3) is 0 Å². The van der Waals surface area contributed by atoms with Crippen LogP contribution in [0.15, 0.2) is 29.4 Å². The average molecular weight is 271 g/mol. The zero-order valence-corrected chi connectivity index (χ0v) is 11.7. The molecule has 0 saturated carbocycles. The Bertz CT molecular complexity index is 446. The number of hydrogen-bond donors (Lipinski definition) is 1. The van der Waals surface area contributed by atoms with Crippen molar-refractivity contribution in [2.45, 2.75) is 25.2 Å². The molecule has 6 heteroatoms. The number of pyridine rings is 1. The van der Waals surface area contributed by atoms with Gasteiger partial charge in [0.05, 0.1) is 0 Å². The van der Waals surface area contributed by atoms with Crippen molar-refractivity contribution < 1.29 is 8.42 Å². The Balaban J connectivity index is 2.96. The summed E-state index contributed by atoms with van der Waals surface area (Å²) in [5, 5.41) is 0. The van der Waals surface area contributed by atoms with E-state index in [0.717, 1.165) is 0 Å². The highest BCUT2D eigenvalue weighted by molar-refractivity contribution is 7.89. The highest BCUT2D eigenvalue weighted by atomic mass is 32.2. The maximum atomic E-state index is 12.4. The second-order valence-corrected chi connectivity index (χ2v) is 6.53. The van der Waals surface area contributed by atoms with Crippen LogP contribution in [0.3, 0.4) is 0 Å². The monoisotopic (exact) mass is 271 g/mol. The largest absolute Gasteiger partial charge is 0.330 e. The molecular weight excluding hydrogens is 250 g/mol. The second-order valence-electron chi connectivity index (χ2n) is 4.59. The zero-order valence-electron chi connectivity index (χ0n) is 10.9. The van der Waals surface area contributed by atoms with Gasteiger partial charge < -0.3 is 5.73 Å². The van der Waals surface area contributed by atoms with Crippen molar-refractivity contribution in [3.63, 3.8) is 0 Å². The minimum Gasteiger partial charge on any atom is -0.330 e. The molecule has 1 heterocycles. The smallest absolute Gasteiger partial charge is 0.244 e. The summed E-state index contributed by atoms with van der Waals surface area (Å²) >= 11 is 0.